The minimum absolute atomic E-state index is 0.0205. The number of hydrogen-bond acceptors (Lipinski definition) is 6. The van der Waals surface area contributed by atoms with Crippen LogP contribution in [0.15, 0.2) is 57.1 Å². The first kappa shape index (κ1) is 23.5. The second-order valence-corrected chi connectivity index (χ2v) is 8.19. The number of rotatable bonds is 7. The van der Waals surface area contributed by atoms with E-state index in [2.05, 4.69) is 34.3 Å². The second-order valence-electron chi connectivity index (χ2n) is 7.25. The number of aromatic nitrogens is 2. The van der Waals surface area contributed by atoms with E-state index in [0.717, 1.165) is 23.4 Å². The largest absolute Gasteiger partial charge is 0.455 e. The Hall–Kier alpha value is -3.14. The molecule has 32 heavy (non-hydrogen) atoms. The Bertz CT molecular complexity index is 1110. The van der Waals surface area contributed by atoms with Gasteiger partial charge in [-0.25, -0.2) is 15.4 Å². The van der Waals surface area contributed by atoms with Gasteiger partial charge in [0.1, 0.15) is 11.5 Å². The maximum atomic E-state index is 12.9. The molecule has 0 fully saturated rings. The molecule has 0 atom stereocenters. The number of furan rings is 1. The highest BCUT2D eigenvalue weighted by Crippen LogP contribution is 2.30. The van der Waals surface area contributed by atoms with Crippen LogP contribution >= 0.6 is 11.8 Å². The maximum Gasteiger partial charge on any atom is 0.433 e. The van der Waals surface area contributed by atoms with Crippen LogP contribution in [0.3, 0.4) is 0 Å². The van der Waals surface area contributed by atoms with Crippen LogP contribution in [-0.4, -0.2) is 22.1 Å². The van der Waals surface area contributed by atoms with Crippen molar-refractivity contribution in [1.82, 2.24) is 15.4 Å². The van der Waals surface area contributed by atoms with Crippen LogP contribution in [-0.2, 0) is 11.9 Å². The van der Waals surface area contributed by atoms with Crippen LogP contribution in [0, 0.1) is 6.92 Å². The van der Waals surface area contributed by atoms with Crippen molar-refractivity contribution in [2.45, 2.75) is 43.8 Å². The molecule has 0 aliphatic heterocycles. The molecule has 0 radical (unpaired) electrons. The lowest BCUT2D eigenvalue weighted by molar-refractivity contribution is -0.141. The van der Waals surface area contributed by atoms with Gasteiger partial charge in [0.25, 0.3) is 0 Å². The van der Waals surface area contributed by atoms with Crippen LogP contribution in [0.4, 0.5) is 13.2 Å². The Balaban J connectivity index is 1.56. The van der Waals surface area contributed by atoms with Gasteiger partial charge in [0.2, 0.25) is 0 Å². The number of benzene rings is 1. The number of carbonyl (C=O) groups excluding carboxylic acids is 1. The van der Waals surface area contributed by atoms with Crippen molar-refractivity contribution in [2.75, 3.05) is 0 Å². The summed E-state index contributed by atoms with van der Waals surface area (Å²) in [7, 11) is 0. The average molecular weight is 462 g/mol. The zero-order valence-corrected chi connectivity index (χ0v) is 18.4. The highest BCUT2D eigenvalue weighted by atomic mass is 32.2. The summed E-state index contributed by atoms with van der Waals surface area (Å²) >= 11 is 0.984. The molecule has 6 nitrogen and oxygen atoms in total. The first-order chi connectivity index (χ1) is 15.1. The minimum atomic E-state index is -4.55. The molecule has 168 valence electrons. The molecule has 0 saturated heterocycles. The van der Waals surface area contributed by atoms with Gasteiger partial charge in [-0.2, -0.15) is 18.3 Å². The minimum Gasteiger partial charge on any atom is -0.455 e. The number of nitrogens with zero attached hydrogens (tertiary/aromatic N) is 3. The van der Waals surface area contributed by atoms with Crippen molar-refractivity contribution in [3.63, 3.8) is 0 Å². The lowest BCUT2D eigenvalue weighted by Crippen LogP contribution is -2.16. The van der Waals surface area contributed by atoms with Gasteiger partial charge in [0.05, 0.1) is 12.0 Å². The van der Waals surface area contributed by atoms with E-state index in [9.17, 15) is 18.0 Å². The predicted octanol–water partition coefficient (Wildman–Crippen LogP) is 5.58. The lowest BCUT2D eigenvalue weighted by Gasteiger charge is -2.08. The number of alkyl halides is 3. The molecule has 2 aromatic heterocycles. The fourth-order valence-corrected chi connectivity index (χ4v) is 3.45. The molecule has 0 aliphatic rings. The number of nitrogens with one attached hydrogen (secondary N) is 1. The number of hydrogen-bond donors (Lipinski definition) is 1. The number of amides is 1. The molecular weight excluding hydrogens is 441 g/mol. The Kier molecular flexibility index (Phi) is 7.34. The summed E-state index contributed by atoms with van der Waals surface area (Å²) in [5, 5.41) is 3.90. The van der Waals surface area contributed by atoms with Crippen molar-refractivity contribution >= 4 is 23.9 Å². The lowest BCUT2D eigenvalue weighted by atomic mass is 10.0. The van der Waals surface area contributed by atoms with E-state index >= 15 is 0 Å². The molecule has 0 bridgehead atoms. The van der Waals surface area contributed by atoms with Gasteiger partial charge in [0, 0.05) is 5.69 Å². The molecule has 1 amide bonds. The van der Waals surface area contributed by atoms with E-state index in [1.165, 1.54) is 24.8 Å². The topological polar surface area (TPSA) is 80.4 Å². The van der Waals surface area contributed by atoms with Crippen molar-refractivity contribution in [3.8, 4) is 0 Å². The SMILES string of the molecule is Cc1cc(C(F)(F)F)nc(SCc2ccc(C(=O)NN=Cc3ccc(C(C)C)cc3)o2)n1. The van der Waals surface area contributed by atoms with E-state index in [4.69, 9.17) is 4.42 Å². The van der Waals surface area contributed by atoms with Crippen molar-refractivity contribution in [1.29, 1.82) is 0 Å². The number of hydrazone groups is 1. The normalized spacial score (nSPS) is 12.0. The average Bonchev–Trinajstić information content (AvgIpc) is 3.21. The molecule has 10 heteroatoms. The van der Waals surface area contributed by atoms with Crippen LogP contribution in [0.1, 0.15) is 58.6 Å². The summed E-state index contributed by atoms with van der Waals surface area (Å²) in [6.07, 6.45) is -3.02. The standard InChI is InChI=1S/C22H21F3N4O2S/c1-13(2)16-6-4-15(5-7-16)11-26-29-20(30)18-9-8-17(31-18)12-32-21-27-14(3)10-19(28-21)22(23,24)25/h4-11,13H,12H2,1-3H3,(H,29,30). The van der Waals surface area contributed by atoms with E-state index in [1.807, 2.05) is 24.3 Å². The van der Waals surface area contributed by atoms with Gasteiger partial charge in [-0.15, -0.1) is 0 Å². The number of aryl methyl sites for hydroxylation is 1. The third-order valence-corrected chi connectivity index (χ3v) is 5.21. The van der Waals surface area contributed by atoms with Crippen molar-refractivity contribution < 1.29 is 22.4 Å². The van der Waals surface area contributed by atoms with Gasteiger partial charge in [0.15, 0.2) is 10.9 Å². The summed E-state index contributed by atoms with van der Waals surface area (Å²) in [5.74, 6) is 0.485. The van der Waals surface area contributed by atoms with E-state index in [-0.39, 0.29) is 22.4 Å². The molecule has 0 unspecified atom stereocenters. The van der Waals surface area contributed by atoms with Gasteiger partial charge in [-0.3, -0.25) is 4.79 Å². The molecule has 0 saturated carbocycles. The first-order valence-electron chi connectivity index (χ1n) is 9.69. The van der Waals surface area contributed by atoms with Crippen molar-refractivity contribution in [3.05, 3.63) is 76.5 Å². The van der Waals surface area contributed by atoms with Crippen LogP contribution in [0.25, 0.3) is 0 Å². The smallest absolute Gasteiger partial charge is 0.433 e. The third kappa shape index (κ3) is 6.43. The summed E-state index contributed by atoms with van der Waals surface area (Å²) in [4.78, 5) is 19.7. The molecule has 1 N–H and O–H groups in total. The van der Waals surface area contributed by atoms with Gasteiger partial charge >= 0.3 is 12.1 Å². The predicted molar refractivity (Wildman–Crippen MR) is 116 cm³/mol. The number of thioether (sulfide) groups is 1. The monoisotopic (exact) mass is 462 g/mol. The number of halogens is 3. The fourth-order valence-electron chi connectivity index (χ4n) is 2.65. The zero-order chi connectivity index (χ0) is 23.3. The molecule has 3 rings (SSSR count). The molecular formula is C22H21F3N4O2S. The molecule has 3 aromatic rings. The third-order valence-electron chi connectivity index (χ3n) is 4.34. The quantitative estimate of drug-likeness (QED) is 0.215. The maximum absolute atomic E-state index is 12.9. The summed E-state index contributed by atoms with van der Waals surface area (Å²) in [6, 6.07) is 11.7. The highest BCUT2D eigenvalue weighted by Gasteiger charge is 2.33. The van der Waals surface area contributed by atoms with Crippen LogP contribution in [0.2, 0.25) is 0 Å². The van der Waals surface area contributed by atoms with Gasteiger partial charge in [-0.1, -0.05) is 49.9 Å². The van der Waals surface area contributed by atoms with E-state index in [1.54, 1.807) is 6.07 Å². The Morgan fingerprint density at radius 3 is 2.56 bits per heavy atom. The molecule has 2 heterocycles. The first-order valence-corrected chi connectivity index (χ1v) is 10.7. The van der Waals surface area contributed by atoms with E-state index in [0.29, 0.717) is 11.7 Å². The molecule has 0 aliphatic carbocycles. The van der Waals surface area contributed by atoms with Gasteiger partial charge in [-0.05, 0) is 42.2 Å². The Labute approximate surface area is 187 Å². The van der Waals surface area contributed by atoms with Crippen LogP contribution in [0.5, 0.6) is 0 Å². The second kappa shape index (κ2) is 9.99. The fraction of sp³-hybridized carbons (Fsp3) is 0.273. The number of carbonyl (C=O) groups is 1. The summed E-state index contributed by atoms with van der Waals surface area (Å²) < 4.78 is 44.1. The Morgan fingerprint density at radius 1 is 1.19 bits per heavy atom. The van der Waals surface area contributed by atoms with E-state index < -0.39 is 17.8 Å². The highest BCUT2D eigenvalue weighted by molar-refractivity contribution is 7.98. The van der Waals surface area contributed by atoms with Crippen molar-refractivity contribution in [2.24, 2.45) is 5.10 Å². The Morgan fingerprint density at radius 2 is 1.91 bits per heavy atom. The zero-order valence-electron chi connectivity index (χ0n) is 17.6. The molecule has 1 aromatic carbocycles. The molecule has 0 spiro atoms. The summed E-state index contributed by atoms with van der Waals surface area (Å²) in [6.45, 7) is 5.68. The van der Waals surface area contributed by atoms with Crippen LogP contribution < -0.4 is 5.43 Å². The summed E-state index contributed by atoms with van der Waals surface area (Å²) in [5.41, 5.74) is 3.64. The van der Waals surface area contributed by atoms with Gasteiger partial charge < -0.3 is 4.42 Å².